The first-order valence-corrected chi connectivity index (χ1v) is 10.8. The van der Waals surface area contributed by atoms with Crippen LogP contribution in [-0.4, -0.2) is 49.6 Å². The zero-order valence-electron chi connectivity index (χ0n) is 18.3. The molecule has 10 heteroatoms. The van der Waals surface area contributed by atoms with Crippen LogP contribution in [0.4, 0.5) is 0 Å². The molecule has 0 bridgehead atoms. The molecule has 0 N–H and O–H groups in total. The summed E-state index contributed by atoms with van der Waals surface area (Å²) in [5.41, 5.74) is 3.83. The van der Waals surface area contributed by atoms with E-state index in [1.54, 1.807) is 35.5 Å². The number of carbonyl (C=O) groups is 1. The molecule has 2 aromatic carbocycles. The maximum absolute atomic E-state index is 13.5. The van der Waals surface area contributed by atoms with Gasteiger partial charge in [-0.25, -0.2) is 0 Å². The second-order valence-electron chi connectivity index (χ2n) is 7.85. The molecule has 1 atom stereocenters. The number of aryl methyl sites for hydroxylation is 2. The molecule has 0 saturated carbocycles. The zero-order chi connectivity index (χ0) is 23.1. The highest BCUT2D eigenvalue weighted by Gasteiger charge is 2.38. The van der Waals surface area contributed by atoms with Crippen LogP contribution in [0.5, 0.6) is 5.75 Å². The predicted octanol–water partition coefficient (Wildman–Crippen LogP) is 4.18. The van der Waals surface area contributed by atoms with Crippen molar-refractivity contribution in [3.8, 4) is 22.9 Å². The molecule has 1 amide bonds. The summed E-state index contributed by atoms with van der Waals surface area (Å²) in [6.45, 7) is 4.56. The number of carbonyl (C=O) groups excluding carboxylic acids is 1. The van der Waals surface area contributed by atoms with Crippen LogP contribution in [-0.2, 0) is 0 Å². The molecule has 4 aromatic rings. The SMILES string of the molecule is COc1c(Cl)cccc1-c1nc([C@@H]2CCN2C(=O)c2cc(C)c(C)cc2-n2nccn2)no1. The topological polar surface area (TPSA) is 99.2 Å². The van der Waals surface area contributed by atoms with Crippen LogP contribution in [0.3, 0.4) is 0 Å². The van der Waals surface area contributed by atoms with Crippen molar-refractivity contribution in [1.29, 1.82) is 0 Å². The predicted molar refractivity (Wildman–Crippen MR) is 121 cm³/mol. The summed E-state index contributed by atoms with van der Waals surface area (Å²) in [4.78, 5) is 21.3. The number of methoxy groups -OCH3 is 1. The van der Waals surface area contributed by atoms with Crippen molar-refractivity contribution in [2.45, 2.75) is 26.3 Å². The Bertz CT molecular complexity index is 1330. The maximum atomic E-state index is 13.5. The minimum absolute atomic E-state index is 0.131. The lowest BCUT2D eigenvalue weighted by Crippen LogP contribution is -2.46. The van der Waals surface area contributed by atoms with Gasteiger partial charge in [-0.15, -0.1) is 0 Å². The summed E-state index contributed by atoms with van der Waals surface area (Å²) >= 11 is 6.22. The molecule has 1 aliphatic heterocycles. The Balaban J connectivity index is 1.46. The Morgan fingerprint density at radius 2 is 1.94 bits per heavy atom. The van der Waals surface area contributed by atoms with E-state index < -0.39 is 0 Å². The first kappa shape index (κ1) is 21.1. The number of ether oxygens (including phenoxy) is 1. The van der Waals surface area contributed by atoms with E-state index in [0.29, 0.717) is 40.0 Å². The number of amides is 1. The van der Waals surface area contributed by atoms with Crippen LogP contribution >= 0.6 is 11.6 Å². The van der Waals surface area contributed by atoms with Crippen LogP contribution in [0.1, 0.15) is 39.8 Å². The fraction of sp³-hybridized carbons (Fsp3) is 0.261. The highest BCUT2D eigenvalue weighted by molar-refractivity contribution is 6.32. The molecule has 1 saturated heterocycles. The number of nitrogens with zero attached hydrogens (tertiary/aromatic N) is 6. The fourth-order valence-corrected chi connectivity index (χ4v) is 4.15. The van der Waals surface area contributed by atoms with Crippen molar-refractivity contribution < 1.29 is 14.1 Å². The molecule has 1 aliphatic rings. The van der Waals surface area contributed by atoms with Crippen LogP contribution in [0.2, 0.25) is 5.02 Å². The first-order chi connectivity index (χ1) is 16.0. The van der Waals surface area contributed by atoms with Crippen LogP contribution < -0.4 is 4.74 Å². The number of aromatic nitrogens is 5. The summed E-state index contributed by atoms with van der Waals surface area (Å²) in [5, 5.41) is 13.0. The Morgan fingerprint density at radius 1 is 1.18 bits per heavy atom. The van der Waals surface area contributed by atoms with E-state index >= 15 is 0 Å². The highest BCUT2D eigenvalue weighted by Crippen LogP contribution is 2.38. The van der Waals surface area contributed by atoms with Crippen molar-refractivity contribution in [2.75, 3.05) is 13.7 Å². The normalized spacial score (nSPS) is 15.4. The third kappa shape index (κ3) is 3.64. The Kier molecular flexibility index (Phi) is 5.33. The smallest absolute Gasteiger partial charge is 0.261 e. The number of hydrogen-bond acceptors (Lipinski definition) is 7. The van der Waals surface area contributed by atoms with Crippen LogP contribution in [0, 0.1) is 13.8 Å². The van der Waals surface area contributed by atoms with E-state index in [4.69, 9.17) is 20.9 Å². The minimum atomic E-state index is -0.291. The number of likely N-dealkylation sites (tertiary alicyclic amines) is 1. The van der Waals surface area contributed by atoms with Gasteiger partial charge in [-0.05, 0) is 55.7 Å². The molecular formula is C23H21ClN6O3. The van der Waals surface area contributed by atoms with Gasteiger partial charge >= 0.3 is 0 Å². The number of para-hydroxylation sites is 1. The molecule has 33 heavy (non-hydrogen) atoms. The van der Waals surface area contributed by atoms with Crippen molar-refractivity contribution in [1.82, 2.24) is 30.0 Å². The van der Waals surface area contributed by atoms with Crippen LogP contribution in [0.25, 0.3) is 17.1 Å². The summed E-state index contributed by atoms with van der Waals surface area (Å²) in [5.74, 6) is 1.06. The molecule has 0 aliphatic carbocycles. The van der Waals surface area contributed by atoms with Crippen molar-refractivity contribution >= 4 is 17.5 Å². The second kappa shape index (κ2) is 8.32. The second-order valence-corrected chi connectivity index (χ2v) is 8.26. The maximum Gasteiger partial charge on any atom is 0.261 e. The van der Waals surface area contributed by atoms with E-state index in [9.17, 15) is 4.79 Å². The molecular weight excluding hydrogens is 444 g/mol. The Hall–Kier alpha value is -3.72. The third-order valence-electron chi connectivity index (χ3n) is 5.90. The number of benzene rings is 2. The molecule has 0 spiro atoms. The lowest BCUT2D eigenvalue weighted by Gasteiger charge is -2.39. The number of rotatable bonds is 5. The average molecular weight is 465 g/mol. The lowest BCUT2D eigenvalue weighted by atomic mass is 9.97. The summed E-state index contributed by atoms with van der Waals surface area (Å²) < 4.78 is 10.9. The Labute approximate surface area is 194 Å². The molecule has 0 radical (unpaired) electrons. The van der Waals surface area contributed by atoms with Gasteiger partial charge in [0.2, 0.25) is 0 Å². The summed E-state index contributed by atoms with van der Waals surface area (Å²) in [6.07, 6.45) is 3.90. The van der Waals surface area contributed by atoms with Crippen LogP contribution in [0.15, 0.2) is 47.2 Å². The van der Waals surface area contributed by atoms with Crippen molar-refractivity contribution in [3.05, 3.63) is 70.3 Å². The molecule has 3 heterocycles. The average Bonchev–Trinajstić information content (AvgIpc) is 3.47. The van der Waals surface area contributed by atoms with Crippen molar-refractivity contribution in [3.63, 3.8) is 0 Å². The lowest BCUT2D eigenvalue weighted by molar-refractivity contribution is 0.0435. The van der Waals surface area contributed by atoms with Gasteiger partial charge in [0.25, 0.3) is 11.8 Å². The fourth-order valence-electron chi connectivity index (χ4n) is 3.90. The van der Waals surface area contributed by atoms with E-state index in [-0.39, 0.29) is 17.8 Å². The molecule has 0 unspecified atom stereocenters. The first-order valence-electron chi connectivity index (χ1n) is 10.4. The van der Waals surface area contributed by atoms with Gasteiger partial charge in [0.15, 0.2) is 5.82 Å². The molecule has 168 valence electrons. The summed E-state index contributed by atoms with van der Waals surface area (Å²) in [7, 11) is 1.53. The third-order valence-corrected chi connectivity index (χ3v) is 6.20. The quantitative estimate of drug-likeness (QED) is 0.436. The number of halogens is 1. The van der Waals surface area contributed by atoms with Gasteiger partial charge in [-0.1, -0.05) is 22.8 Å². The van der Waals surface area contributed by atoms with E-state index in [1.165, 1.54) is 11.9 Å². The van der Waals surface area contributed by atoms with E-state index in [2.05, 4.69) is 20.3 Å². The molecule has 2 aromatic heterocycles. The van der Waals surface area contributed by atoms with Crippen molar-refractivity contribution in [2.24, 2.45) is 0 Å². The largest absolute Gasteiger partial charge is 0.494 e. The summed E-state index contributed by atoms with van der Waals surface area (Å²) in [6, 6.07) is 8.82. The minimum Gasteiger partial charge on any atom is -0.494 e. The monoisotopic (exact) mass is 464 g/mol. The van der Waals surface area contributed by atoms with Gasteiger partial charge < -0.3 is 14.2 Å². The number of hydrogen-bond donors (Lipinski definition) is 0. The zero-order valence-corrected chi connectivity index (χ0v) is 19.1. The van der Waals surface area contributed by atoms with Gasteiger partial charge in [0, 0.05) is 6.54 Å². The van der Waals surface area contributed by atoms with Gasteiger partial charge in [-0.2, -0.15) is 20.0 Å². The van der Waals surface area contributed by atoms with Gasteiger partial charge in [0.05, 0.1) is 47.4 Å². The molecule has 9 nitrogen and oxygen atoms in total. The van der Waals surface area contributed by atoms with E-state index in [1.807, 2.05) is 26.0 Å². The van der Waals surface area contributed by atoms with Gasteiger partial charge in [-0.3, -0.25) is 4.79 Å². The van der Waals surface area contributed by atoms with Gasteiger partial charge in [0.1, 0.15) is 5.75 Å². The molecule has 1 fully saturated rings. The Morgan fingerprint density at radius 3 is 2.64 bits per heavy atom. The highest BCUT2D eigenvalue weighted by atomic mass is 35.5. The standard InChI is InChI=1S/C23H21ClN6O3/c1-13-11-16(19(12-14(13)2)30-25-8-9-26-30)23(31)29-10-7-18(29)21-27-22(33-28-21)15-5-4-6-17(24)20(15)32-3/h4-6,8-9,11-12,18H,7,10H2,1-3H3/t18-/m0/s1. The molecule has 5 rings (SSSR count). The van der Waals surface area contributed by atoms with E-state index in [0.717, 1.165) is 17.5 Å².